The molecule has 1 heterocycles. The van der Waals surface area contributed by atoms with Gasteiger partial charge in [-0.05, 0) is 92.3 Å². The number of aryl methyl sites for hydroxylation is 3. The highest BCUT2D eigenvalue weighted by atomic mass is 16.5. The van der Waals surface area contributed by atoms with Crippen LogP contribution < -0.4 is 15.0 Å². The van der Waals surface area contributed by atoms with E-state index in [1.165, 1.54) is 4.90 Å². The standard InChI is InChI=1S/C29H30N2O3/c1-6-16-34-24-14-11-22(12-15-24)26-27(30-23-13-10-18(2)20(4)17-23)29(33)31(28(26)32)25-9-7-8-19(3)21(25)5/h7-15,17,30H,6,16H2,1-5H3. The normalized spacial score (nSPS) is 13.6. The summed E-state index contributed by atoms with van der Waals surface area (Å²) in [4.78, 5) is 28.7. The third-order valence-corrected chi connectivity index (χ3v) is 6.29. The van der Waals surface area contributed by atoms with Crippen LogP contribution in [-0.4, -0.2) is 18.4 Å². The molecule has 174 valence electrons. The zero-order chi connectivity index (χ0) is 24.4. The zero-order valence-electron chi connectivity index (χ0n) is 20.4. The van der Waals surface area contributed by atoms with Crippen molar-refractivity contribution in [1.82, 2.24) is 0 Å². The lowest BCUT2D eigenvalue weighted by Gasteiger charge is -2.19. The molecule has 0 fully saturated rings. The van der Waals surface area contributed by atoms with Crippen LogP contribution in [0.4, 0.5) is 11.4 Å². The average Bonchev–Trinajstić information content (AvgIpc) is 3.06. The summed E-state index contributed by atoms with van der Waals surface area (Å²) in [6.07, 6.45) is 0.911. The maximum absolute atomic E-state index is 13.7. The molecule has 1 N–H and O–H groups in total. The van der Waals surface area contributed by atoms with Crippen LogP contribution >= 0.6 is 0 Å². The van der Waals surface area contributed by atoms with Crippen molar-refractivity contribution in [1.29, 1.82) is 0 Å². The van der Waals surface area contributed by atoms with Crippen molar-refractivity contribution in [3.8, 4) is 5.75 Å². The van der Waals surface area contributed by atoms with E-state index < -0.39 is 0 Å². The summed E-state index contributed by atoms with van der Waals surface area (Å²) in [5, 5.41) is 3.26. The molecular formula is C29H30N2O3. The van der Waals surface area contributed by atoms with E-state index in [1.54, 1.807) is 0 Å². The Morgan fingerprint density at radius 3 is 2.24 bits per heavy atom. The third-order valence-electron chi connectivity index (χ3n) is 6.29. The fraction of sp³-hybridized carbons (Fsp3) is 0.241. The lowest BCUT2D eigenvalue weighted by molar-refractivity contribution is -0.120. The van der Waals surface area contributed by atoms with Gasteiger partial charge in [0.2, 0.25) is 0 Å². The van der Waals surface area contributed by atoms with Gasteiger partial charge in [-0.2, -0.15) is 0 Å². The zero-order valence-corrected chi connectivity index (χ0v) is 20.4. The maximum atomic E-state index is 13.7. The lowest BCUT2D eigenvalue weighted by Crippen LogP contribution is -2.33. The molecule has 3 aromatic carbocycles. The minimum Gasteiger partial charge on any atom is -0.494 e. The molecule has 5 heteroatoms. The second-order valence-electron chi connectivity index (χ2n) is 8.71. The van der Waals surface area contributed by atoms with Gasteiger partial charge < -0.3 is 10.1 Å². The van der Waals surface area contributed by atoms with Gasteiger partial charge in [0.25, 0.3) is 11.8 Å². The van der Waals surface area contributed by atoms with Crippen molar-refractivity contribution in [2.24, 2.45) is 0 Å². The van der Waals surface area contributed by atoms with Gasteiger partial charge in [0.15, 0.2) is 0 Å². The number of carbonyl (C=O) groups excluding carboxylic acids is 2. The summed E-state index contributed by atoms with van der Waals surface area (Å²) in [6, 6.07) is 18.9. The van der Waals surface area contributed by atoms with Crippen molar-refractivity contribution in [2.75, 3.05) is 16.8 Å². The van der Waals surface area contributed by atoms with Gasteiger partial charge in [0.1, 0.15) is 11.4 Å². The number of carbonyl (C=O) groups is 2. The van der Waals surface area contributed by atoms with Gasteiger partial charge in [0.05, 0.1) is 17.9 Å². The first-order valence-electron chi connectivity index (χ1n) is 11.6. The smallest absolute Gasteiger partial charge is 0.282 e. The summed E-state index contributed by atoms with van der Waals surface area (Å²) in [5.41, 5.74) is 6.85. The Bertz CT molecular complexity index is 1290. The van der Waals surface area contributed by atoms with Crippen molar-refractivity contribution >= 4 is 28.8 Å². The van der Waals surface area contributed by atoms with Crippen LogP contribution in [0.2, 0.25) is 0 Å². The van der Waals surface area contributed by atoms with Crippen molar-refractivity contribution in [2.45, 2.75) is 41.0 Å². The Morgan fingerprint density at radius 2 is 1.56 bits per heavy atom. The molecule has 1 aliphatic heterocycles. The molecule has 0 saturated carbocycles. The molecule has 4 rings (SSSR count). The first kappa shape index (κ1) is 23.3. The van der Waals surface area contributed by atoms with Gasteiger partial charge in [-0.3, -0.25) is 9.59 Å². The summed E-state index contributed by atoms with van der Waals surface area (Å²) in [5.74, 6) is 0.0310. The van der Waals surface area contributed by atoms with Crippen LogP contribution in [0.3, 0.4) is 0 Å². The van der Waals surface area contributed by atoms with E-state index in [1.807, 2.05) is 88.4 Å². The number of hydrogen-bond donors (Lipinski definition) is 1. The number of benzene rings is 3. The quantitative estimate of drug-likeness (QED) is 0.438. The van der Waals surface area contributed by atoms with Gasteiger partial charge in [-0.1, -0.05) is 37.3 Å². The first-order chi connectivity index (χ1) is 16.3. The molecule has 3 aromatic rings. The van der Waals surface area contributed by atoms with Gasteiger partial charge >= 0.3 is 0 Å². The predicted octanol–water partition coefficient (Wildman–Crippen LogP) is 6.11. The highest BCUT2D eigenvalue weighted by Gasteiger charge is 2.41. The number of nitrogens with one attached hydrogen (secondary N) is 1. The molecule has 0 bridgehead atoms. The SMILES string of the molecule is CCCOc1ccc(C2=C(Nc3ccc(C)c(C)c3)C(=O)N(c3cccc(C)c3C)C2=O)cc1. The summed E-state index contributed by atoms with van der Waals surface area (Å²) < 4.78 is 5.69. The van der Waals surface area contributed by atoms with Crippen LogP contribution in [0.25, 0.3) is 5.57 Å². The number of nitrogens with zero attached hydrogens (tertiary/aromatic N) is 1. The highest BCUT2D eigenvalue weighted by Crippen LogP contribution is 2.36. The topological polar surface area (TPSA) is 58.6 Å². The van der Waals surface area contributed by atoms with Crippen LogP contribution in [0, 0.1) is 27.7 Å². The molecule has 0 radical (unpaired) electrons. The second kappa shape index (κ2) is 9.56. The molecule has 0 atom stereocenters. The Morgan fingerprint density at radius 1 is 0.824 bits per heavy atom. The molecule has 5 nitrogen and oxygen atoms in total. The number of imide groups is 1. The molecule has 0 saturated heterocycles. The van der Waals surface area contributed by atoms with E-state index in [9.17, 15) is 9.59 Å². The minimum absolute atomic E-state index is 0.274. The molecular weight excluding hydrogens is 424 g/mol. The summed E-state index contributed by atoms with van der Waals surface area (Å²) in [7, 11) is 0. The third kappa shape index (κ3) is 4.34. The van der Waals surface area contributed by atoms with Crippen LogP contribution in [0.15, 0.2) is 66.4 Å². The number of ether oxygens (including phenoxy) is 1. The number of hydrogen-bond acceptors (Lipinski definition) is 4. The monoisotopic (exact) mass is 454 g/mol. The van der Waals surface area contributed by atoms with Gasteiger partial charge in [-0.25, -0.2) is 4.90 Å². The van der Waals surface area contributed by atoms with Crippen molar-refractivity contribution in [3.05, 3.63) is 94.2 Å². The van der Waals surface area contributed by atoms with E-state index in [0.29, 0.717) is 23.4 Å². The van der Waals surface area contributed by atoms with Crippen molar-refractivity contribution < 1.29 is 14.3 Å². The summed E-state index contributed by atoms with van der Waals surface area (Å²) in [6.45, 7) is 10.6. The fourth-order valence-corrected chi connectivity index (χ4v) is 4.01. The van der Waals surface area contributed by atoms with E-state index in [2.05, 4.69) is 12.2 Å². The fourth-order valence-electron chi connectivity index (χ4n) is 4.01. The molecule has 0 aromatic heterocycles. The Hall–Kier alpha value is -3.86. The summed E-state index contributed by atoms with van der Waals surface area (Å²) >= 11 is 0. The van der Waals surface area contributed by atoms with Crippen LogP contribution in [0.1, 0.15) is 41.2 Å². The first-order valence-corrected chi connectivity index (χ1v) is 11.6. The second-order valence-corrected chi connectivity index (χ2v) is 8.71. The van der Waals surface area contributed by atoms with Gasteiger partial charge in [0, 0.05) is 5.69 Å². The van der Waals surface area contributed by atoms with Crippen LogP contribution in [0.5, 0.6) is 5.75 Å². The van der Waals surface area contributed by atoms with E-state index >= 15 is 0 Å². The highest BCUT2D eigenvalue weighted by molar-refractivity contribution is 6.46. The molecule has 0 aliphatic carbocycles. The largest absolute Gasteiger partial charge is 0.494 e. The van der Waals surface area contributed by atoms with E-state index in [0.717, 1.165) is 40.1 Å². The Kier molecular flexibility index (Phi) is 6.55. The average molecular weight is 455 g/mol. The molecule has 1 aliphatic rings. The Labute approximate surface area is 201 Å². The Balaban J connectivity index is 1.80. The lowest BCUT2D eigenvalue weighted by atomic mass is 10.0. The van der Waals surface area contributed by atoms with Gasteiger partial charge in [-0.15, -0.1) is 0 Å². The van der Waals surface area contributed by atoms with E-state index in [4.69, 9.17) is 4.74 Å². The maximum Gasteiger partial charge on any atom is 0.282 e. The molecule has 0 unspecified atom stereocenters. The number of rotatable bonds is 7. The number of amides is 2. The predicted molar refractivity (Wildman–Crippen MR) is 137 cm³/mol. The van der Waals surface area contributed by atoms with Crippen LogP contribution in [-0.2, 0) is 9.59 Å². The van der Waals surface area contributed by atoms with E-state index in [-0.39, 0.29) is 17.5 Å². The molecule has 0 spiro atoms. The molecule has 34 heavy (non-hydrogen) atoms. The molecule has 2 amide bonds. The number of anilines is 2. The minimum atomic E-state index is -0.363. The van der Waals surface area contributed by atoms with Crippen molar-refractivity contribution in [3.63, 3.8) is 0 Å².